The lowest BCUT2D eigenvalue weighted by molar-refractivity contribution is 1.02. The summed E-state index contributed by atoms with van der Waals surface area (Å²) >= 11 is 0. The van der Waals surface area contributed by atoms with Gasteiger partial charge in [-0.2, -0.15) is 5.10 Å². The van der Waals surface area contributed by atoms with E-state index >= 15 is 0 Å². The van der Waals surface area contributed by atoms with Crippen LogP contribution < -0.4 is 0 Å². The van der Waals surface area contributed by atoms with Crippen molar-refractivity contribution in [1.82, 2.24) is 15.2 Å². The van der Waals surface area contributed by atoms with Gasteiger partial charge >= 0.3 is 0 Å². The number of aromatic amines is 1. The van der Waals surface area contributed by atoms with Crippen LogP contribution in [0.15, 0.2) is 9.98 Å². The molecule has 76 valence electrons. The standard InChI is InChI=1S/C5H8N2.C4H7N3/c1-4-3-6-5(2)7-4;1-3-5-4(2)7-6-3/h3H2,1-2H3;1-2H3,(H,5,6,7). The summed E-state index contributed by atoms with van der Waals surface area (Å²) in [5.74, 6) is 2.59. The highest BCUT2D eigenvalue weighted by molar-refractivity contribution is 6.01. The fourth-order valence-electron chi connectivity index (χ4n) is 1.03. The van der Waals surface area contributed by atoms with Crippen molar-refractivity contribution in [3.05, 3.63) is 11.6 Å². The molecular weight excluding hydrogens is 178 g/mol. The van der Waals surface area contributed by atoms with Crippen molar-refractivity contribution in [3.63, 3.8) is 0 Å². The zero-order valence-corrected chi connectivity index (χ0v) is 9.00. The van der Waals surface area contributed by atoms with Gasteiger partial charge in [-0.05, 0) is 27.7 Å². The van der Waals surface area contributed by atoms with Crippen LogP contribution in [0.5, 0.6) is 0 Å². The van der Waals surface area contributed by atoms with E-state index < -0.39 is 0 Å². The van der Waals surface area contributed by atoms with Gasteiger partial charge in [0, 0.05) is 5.71 Å². The molecule has 0 bridgehead atoms. The predicted octanol–water partition coefficient (Wildman–Crippen LogP) is 1.30. The maximum atomic E-state index is 4.06. The first-order valence-corrected chi connectivity index (χ1v) is 4.49. The Morgan fingerprint density at radius 1 is 1.14 bits per heavy atom. The van der Waals surface area contributed by atoms with Crippen LogP contribution >= 0.6 is 0 Å². The Morgan fingerprint density at radius 2 is 1.86 bits per heavy atom. The summed E-state index contributed by atoms with van der Waals surface area (Å²) in [6, 6.07) is 0. The van der Waals surface area contributed by atoms with Crippen molar-refractivity contribution in [2.45, 2.75) is 27.7 Å². The summed E-state index contributed by atoms with van der Waals surface area (Å²) in [7, 11) is 0. The van der Waals surface area contributed by atoms with Gasteiger partial charge < -0.3 is 0 Å². The van der Waals surface area contributed by atoms with E-state index in [-0.39, 0.29) is 0 Å². The molecule has 0 amide bonds. The zero-order valence-electron chi connectivity index (χ0n) is 9.00. The summed E-state index contributed by atoms with van der Waals surface area (Å²) in [6.45, 7) is 8.44. The summed E-state index contributed by atoms with van der Waals surface area (Å²) in [4.78, 5) is 12.0. The van der Waals surface area contributed by atoms with E-state index in [2.05, 4.69) is 25.2 Å². The number of H-pyrrole nitrogens is 1. The van der Waals surface area contributed by atoms with Crippen LogP contribution in [0, 0.1) is 13.8 Å². The third-order valence-corrected chi connectivity index (χ3v) is 1.60. The number of aromatic nitrogens is 3. The average molecular weight is 193 g/mol. The second-order valence-corrected chi connectivity index (χ2v) is 3.18. The maximum Gasteiger partial charge on any atom is 0.147 e. The Morgan fingerprint density at radius 3 is 2.00 bits per heavy atom. The molecule has 1 N–H and O–H groups in total. The summed E-state index contributed by atoms with van der Waals surface area (Å²) < 4.78 is 0. The van der Waals surface area contributed by atoms with Crippen molar-refractivity contribution in [2.75, 3.05) is 6.54 Å². The van der Waals surface area contributed by atoms with Crippen LogP contribution in [-0.4, -0.2) is 33.3 Å². The van der Waals surface area contributed by atoms with Gasteiger partial charge in [-0.3, -0.25) is 10.1 Å². The molecule has 14 heavy (non-hydrogen) atoms. The largest absolute Gasteiger partial charge is 0.265 e. The molecule has 0 fully saturated rings. The minimum absolute atomic E-state index is 0.803. The second kappa shape index (κ2) is 4.64. The number of nitrogens with zero attached hydrogens (tertiary/aromatic N) is 4. The molecule has 0 spiro atoms. The Labute approximate surface area is 83.4 Å². The predicted molar refractivity (Wildman–Crippen MR) is 56.9 cm³/mol. The van der Waals surface area contributed by atoms with Crippen molar-refractivity contribution >= 4 is 11.5 Å². The van der Waals surface area contributed by atoms with Gasteiger partial charge in [-0.15, -0.1) is 0 Å². The van der Waals surface area contributed by atoms with Crippen molar-refractivity contribution in [3.8, 4) is 0 Å². The molecule has 0 saturated carbocycles. The summed E-state index contributed by atoms with van der Waals surface area (Å²) in [6.07, 6.45) is 0. The van der Waals surface area contributed by atoms with Crippen LogP contribution in [-0.2, 0) is 0 Å². The van der Waals surface area contributed by atoms with Crippen LogP contribution in [0.25, 0.3) is 0 Å². The molecule has 1 aromatic rings. The SMILES string of the molecule is CC1=NC(C)=NC1.Cc1n[nH]c(C)n1. The Bertz CT molecular complexity index is 345. The lowest BCUT2D eigenvalue weighted by atomic mass is 10.4. The van der Waals surface area contributed by atoms with E-state index in [0.717, 1.165) is 29.7 Å². The zero-order chi connectivity index (χ0) is 10.6. The smallest absolute Gasteiger partial charge is 0.147 e. The molecule has 0 radical (unpaired) electrons. The number of hydrogen-bond donors (Lipinski definition) is 1. The fraction of sp³-hybridized carbons (Fsp3) is 0.556. The Hall–Kier alpha value is -1.52. The fourth-order valence-corrected chi connectivity index (χ4v) is 1.03. The number of nitrogens with one attached hydrogen (secondary N) is 1. The monoisotopic (exact) mass is 193 g/mol. The molecule has 5 nitrogen and oxygen atoms in total. The average Bonchev–Trinajstić information content (AvgIpc) is 2.63. The molecule has 0 atom stereocenters. The van der Waals surface area contributed by atoms with Crippen molar-refractivity contribution < 1.29 is 0 Å². The number of aliphatic imine (C=N–C) groups is 2. The van der Waals surface area contributed by atoms with Crippen molar-refractivity contribution in [2.24, 2.45) is 9.98 Å². The number of amidine groups is 1. The third kappa shape index (κ3) is 3.47. The number of rotatable bonds is 0. The molecule has 1 aliphatic rings. The van der Waals surface area contributed by atoms with Crippen molar-refractivity contribution in [1.29, 1.82) is 0 Å². The first-order chi connectivity index (χ1) is 6.58. The topological polar surface area (TPSA) is 66.3 Å². The highest BCUT2D eigenvalue weighted by Gasteiger charge is 1.97. The Balaban J connectivity index is 0.000000140. The molecule has 2 heterocycles. The summed E-state index contributed by atoms with van der Waals surface area (Å²) in [5, 5.41) is 6.49. The molecule has 1 aliphatic heterocycles. The molecule has 0 saturated heterocycles. The highest BCUT2D eigenvalue weighted by Crippen LogP contribution is 1.92. The van der Waals surface area contributed by atoms with Gasteiger partial charge in [0.05, 0.1) is 6.54 Å². The minimum Gasteiger partial charge on any atom is -0.265 e. The lowest BCUT2D eigenvalue weighted by Crippen LogP contribution is -1.87. The van der Waals surface area contributed by atoms with Crippen LogP contribution in [0.1, 0.15) is 25.5 Å². The van der Waals surface area contributed by atoms with Crippen LogP contribution in [0.3, 0.4) is 0 Å². The van der Waals surface area contributed by atoms with E-state index in [0.29, 0.717) is 0 Å². The van der Waals surface area contributed by atoms with Gasteiger partial charge in [-0.25, -0.2) is 9.98 Å². The normalized spacial score (nSPS) is 14.3. The van der Waals surface area contributed by atoms with E-state index in [4.69, 9.17) is 0 Å². The van der Waals surface area contributed by atoms with Crippen LogP contribution in [0.4, 0.5) is 0 Å². The van der Waals surface area contributed by atoms with E-state index in [1.54, 1.807) is 0 Å². The number of hydrogen-bond acceptors (Lipinski definition) is 4. The van der Waals surface area contributed by atoms with Gasteiger partial charge in [0.15, 0.2) is 0 Å². The molecule has 0 unspecified atom stereocenters. The van der Waals surface area contributed by atoms with E-state index in [9.17, 15) is 0 Å². The quantitative estimate of drug-likeness (QED) is 0.674. The first kappa shape index (κ1) is 10.6. The van der Waals surface area contributed by atoms with Gasteiger partial charge in [0.1, 0.15) is 17.5 Å². The summed E-state index contributed by atoms with van der Waals surface area (Å²) in [5.41, 5.74) is 1.12. The molecule has 0 aliphatic carbocycles. The first-order valence-electron chi connectivity index (χ1n) is 4.49. The molecular formula is C9H15N5. The highest BCUT2D eigenvalue weighted by atomic mass is 15.2. The lowest BCUT2D eigenvalue weighted by Gasteiger charge is -1.76. The van der Waals surface area contributed by atoms with E-state index in [1.807, 2.05) is 27.7 Å². The van der Waals surface area contributed by atoms with Crippen LogP contribution in [0.2, 0.25) is 0 Å². The maximum absolute atomic E-state index is 4.06. The third-order valence-electron chi connectivity index (χ3n) is 1.60. The molecule has 0 aromatic carbocycles. The second-order valence-electron chi connectivity index (χ2n) is 3.18. The number of aryl methyl sites for hydroxylation is 2. The molecule has 2 rings (SSSR count). The van der Waals surface area contributed by atoms with Gasteiger partial charge in [-0.1, -0.05) is 0 Å². The Kier molecular flexibility index (Phi) is 3.50. The minimum atomic E-state index is 0.803. The molecule has 1 aromatic heterocycles. The molecule has 5 heteroatoms. The van der Waals surface area contributed by atoms with Gasteiger partial charge in [0.2, 0.25) is 0 Å². The van der Waals surface area contributed by atoms with Gasteiger partial charge in [0.25, 0.3) is 0 Å². The van der Waals surface area contributed by atoms with E-state index in [1.165, 1.54) is 0 Å².